The number of aliphatic carboxylic acids is 1. The Morgan fingerprint density at radius 2 is 1.65 bits per heavy atom. The van der Waals surface area contributed by atoms with Crippen molar-refractivity contribution in [1.82, 2.24) is 5.32 Å². The van der Waals surface area contributed by atoms with Gasteiger partial charge in [0.05, 0.1) is 12.6 Å². The molecule has 0 radical (unpaired) electrons. The second-order valence-electron chi connectivity index (χ2n) is 6.21. The molecule has 0 saturated heterocycles. The Morgan fingerprint density at radius 1 is 1.00 bits per heavy atom. The van der Waals surface area contributed by atoms with E-state index in [0.717, 1.165) is 5.56 Å². The molecule has 5 nitrogen and oxygen atoms in total. The molecule has 0 heterocycles. The molecule has 0 unspecified atom stereocenters. The molecule has 0 aliphatic heterocycles. The molecule has 1 amide bonds. The van der Waals surface area contributed by atoms with Crippen molar-refractivity contribution in [3.8, 4) is 5.75 Å². The van der Waals surface area contributed by atoms with Gasteiger partial charge in [0.25, 0.3) is 0 Å². The summed E-state index contributed by atoms with van der Waals surface area (Å²) in [6, 6.07) is 16.2. The molecule has 0 aromatic heterocycles. The van der Waals surface area contributed by atoms with E-state index in [1.165, 1.54) is 0 Å². The number of amides is 1. The SMILES string of the molecule is CCOc1ccc([C@@H](CC(=O)[O-])NC(=O)C[C@H](C)c2ccccc2)cc1. The summed E-state index contributed by atoms with van der Waals surface area (Å²) in [4.78, 5) is 23.5. The molecule has 2 aromatic carbocycles. The first-order valence-corrected chi connectivity index (χ1v) is 8.76. The lowest BCUT2D eigenvalue weighted by molar-refractivity contribution is -0.306. The minimum Gasteiger partial charge on any atom is -0.550 e. The van der Waals surface area contributed by atoms with Crippen LogP contribution >= 0.6 is 0 Å². The number of carboxylic acid groups (broad SMARTS) is 1. The quantitative estimate of drug-likeness (QED) is 0.751. The first-order chi connectivity index (χ1) is 12.5. The van der Waals surface area contributed by atoms with Crippen molar-refractivity contribution < 1.29 is 19.4 Å². The maximum Gasteiger partial charge on any atom is 0.221 e. The normalized spacial score (nSPS) is 12.8. The second kappa shape index (κ2) is 9.61. The Bertz CT molecular complexity index is 713. The van der Waals surface area contributed by atoms with Crippen LogP contribution in [0.3, 0.4) is 0 Å². The summed E-state index contributed by atoms with van der Waals surface area (Å²) in [5, 5.41) is 13.9. The van der Waals surface area contributed by atoms with Crippen molar-refractivity contribution in [3.63, 3.8) is 0 Å². The standard InChI is InChI=1S/C21H25NO4/c1-3-26-18-11-9-17(10-12-18)19(14-21(24)25)22-20(23)13-15(2)16-7-5-4-6-8-16/h4-12,15,19H,3,13-14H2,1-2H3,(H,22,23)(H,24,25)/p-1/t15-,19+/m0/s1. The van der Waals surface area contributed by atoms with Crippen molar-refractivity contribution in [2.24, 2.45) is 0 Å². The molecular formula is C21H24NO4-. The van der Waals surface area contributed by atoms with Crippen molar-refractivity contribution >= 4 is 11.9 Å². The number of ether oxygens (including phenoxy) is 1. The number of carbonyl (C=O) groups is 2. The zero-order valence-electron chi connectivity index (χ0n) is 15.1. The molecular weight excluding hydrogens is 330 g/mol. The molecule has 26 heavy (non-hydrogen) atoms. The van der Waals surface area contributed by atoms with E-state index < -0.39 is 12.0 Å². The average molecular weight is 354 g/mol. The maximum absolute atomic E-state index is 12.4. The van der Waals surface area contributed by atoms with Crippen LogP contribution in [0.2, 0.25) is 0 Å². The van der Waals surface area contributed by atoms with Crippen molar-refractivity contribution in [3.05, 3.63) is 65.7 Å². The van der Waals surface area contributed by atoms with Gasteiger partial charge in [-0.3, -0.25) is 4.79 Å². The summed E-state index contributed by atoms with van der Waals surface area (Å²) in [7, 11) is 0. The lowest BCUT2D eigenvalue weighted by Gasteiger charge is -2.21. The number of carboxylic acids is 1. The number of benzene rings is 2. The Labute approximate surface area is 154 Å². The van der Waals surface area contributed by atoms with E-state index in [1.54, 1.807) is 24.3 Å². The highest BCUT2D eigenvalue weighted by Gasteiger charge is 2.17. The molecule has 2 rings (SSSR count). The Hall–Kier alpha value is -2.82. The highest BCUT2D eigenvalue weighted by molar-refractivity contribution is 5.78. The fourth-order valence-corrected chi connectivity index (χ4v) is 2.81. The first-order valence-electron chi connectivity index (χ1n) is 8.76. The number of rotatable bonds is 9. The Morgan fingerprint density at radius 3 is 2.23 bits per heavy atom. The summed E-state index contributed by atoms with van der Waals surface area (Å²) in [6.45, 7) is 4.41. The van der Waals surface area contributed by atoms with E-state index in [0.29, 0.717) is 17.9 Å². The molecule has 0 spiro atoms. The van der Waals surface area contributed by atoms with Crippen LogP contribution in [0.25, 0.3) is 0 Å². The Kier molecular flexibility index (Phi) is 7.21. The maximum atomic E-state index is 12.4. The summed E-state index contributed by atoms with van der Waals surface area (Å²) in [6.07, 6.45) is 0.00400. The van der Waals surface area contributed by atoms with Gasteiger partial charge in [-0.1, -0.05) is 49.4 Å². The minimum absolute atomic E-state index is 0.0418. The monoisotopic (exact) mass is 354 g/mol. The fraction of sp³-hybridized carbons (Fsp3) is 0.333. The molecule has 5 heteroatoms. The van der Waals surface area contributed by atoms with Crippen molar-refractivity contribution in [2.45, 2.75) is 38.6 Å². The third kappa shape index (κ3) is 5.92. The van der Waals surface area contributed by atoms with E-state index in [2.05, 4.69) is 5.32 Å². The zero-order valence-corrected chi connectivity index (χ0v) is 15.1. The average Bonchev–Trinajstić information content (AvgIpc) is 2.62. The zero-order chi connectivity index (χ0) is 18.9. The van der Waals surface area contributed by atoms with E-state index in [4.69, 9.17) is 4.74 Å². The van der Waals surface area contributed by atoms with Gasteiger partial charge < -0.3 is 20.0 Å². The van der Waals surface area contributed by atoms with Crippen LogP contribution in [0, 0.1) is 0 Å². The van der Waals surface area contributed by atoms with Crippen LogP contribution < -0.4 is 15.2 Å². The second-order valence-corrected chi connectivity index (χ2v) is 6.21. The van der Waals surface area contributed by atoms with Gasteiger partial charge in [-0.25, -0.2) is 0 Å². The van der Waals surface area contributed by atoms with Crippen LogP contribution in [0.4, 0.5) is 0 Å². The van der Waals surface area contributed by atoms with E-state index in [1.807, 2.05) is 44.2 Å². The fourth-order valence-electron chi connectivity index (χ4n) is 2.81. The van der Waals surface area contributed by atoms with Gasteiger partial charge in [0.2, 0.25) is 5.91 Å². The lowest BCUT2D eigenvalue weighted by Crippen LogP contribution is -2.34. The first kappa shape index (κ1) is 19.5. The van der Waals surface area contributed by atoms with Crippen LogP contribution in [0.5, 0.6) is 5.75 Å². The molecule has 138 valence electrons. The van der Waals surface area contributed by atoms with Crippen LogP contribution in [0.15, 0.2) is 54.6 Å². The third-order valence-electron chi connectivity index (χ3n) is 4.16. The van der Waals surface area contributed by atoms with E-state index in [9.17, 15) is 14.7 Å². The van der Waals surface area contributed by atoms with Crippen LogP contribution in [-0.2, 0) is 9.59 Å². The molecule has 2 atom stereocenters. The number of hydrogen-bond donors (Lipinski definition) is 1. The Balaban J connectivity index is 2.04. The van der Waals surface area contributed by atoms with E-state index in [-0.39, 0.29) is 24.7 Å². The molecule has 0 bridgehead atoms. The van der Waals surface area contributed by atoms with Crippen LogP contribution in [-0.4, -0.2) is 18.5 Å². The molecule has 1 N–H and O–H groups in total. The molecule has 0 aliphatic carbocycles. The van der Waals surface area contributed by atoms with Gasteiger partial charge in [0.1, 0.15) is 5.75 Å². The number of carbonyl (C=O) groups excluding carboxylic acids is 2. The van der Waals surface area contributed by atoms with Gasteiger partial charge in [0.15, 0.2) is 0 Å². The number of hydrogen-bond acceptors (Lipinski definition) is 4. The minimum atomic E-state index is -1.21. The molecule has 0 fully saturated rings. The topological polar surface area (TPSA) is 78.5 Å². The van der Waals surface area contributed by atoms with Gasteiger partial charge in [0, 0.05) is 18.8 Å². The van der Waals surface area contributed by atoms with Crippen molar-refractivity contribution in [2.75, 3.05) is 6.61 Å². The predicted molar refractivity (Wildman–Crippen MR) is 97.6 cm³/mol. The smallest absolute Gasteiger partial charge is 0.221 e. The number of nitrogens with one attached hydrogen (secondary N) is 1. The van der Waals surface area contributed by atoms with Gasteiger partial charge in [-0.15, -0.1) is 0 Å². The third-order valence-corrected chi connectivity index (χ3v) is 4.16. The van der Waals surface area contributed by atoms with Gasteiger partial charge in [-0.05, 0) is 36.1 Å². The molecule has 2 aromatic rings. The summed E-state index contributed by atoms with van der Waals surface area (Å²) in [5.41, 5.74) is 1.78. The highest BCUT2D eigenvalue weighted by atomic mass is 16.5. The highest BCUT2D eigenvalue weighted by Crippen LogP contribution is 2.22. The van der Waals surface area contributed by atoms with E-state index >= 15 is 0 Å². The van der Waals surface area contributed by atoms with Gasteiger partial charge >= 0.3 is 0 Å². The summed E-state index contributed by atoms with van der Waals surface area (Å²) >= 11 is 0. The summed E-state index contributed by atoms with van der Waals surface area (Å²) < 4.78 is 5.39. The van der Waals surface area contributed by atoms with Crippen LogP contribution in [0.1, 0.15) is 49.8 Å². The predicted octanol–water partition coefficient (Wildman–Crippen LogP) is 2.58. The van der Waals surface area contributed by atoms with Crippen molar-refractivity contribution in [1.29, 1.82) is 0 Å². The summed E-state index contributed by atoms with van der Waals surface area (Å²) in [5.74, 6) is -0.658. The molecule has 0 saturated carbocycles. The lowest BCUT2D eigenvalue weighted by atomic mass is 9.97. The van der Waals surface area contributed by atoms with Gasteiger partial charge in [-0.2, -0.15) is 0 Å². The molecule has 0 aliphatic rings. The largest absolute Gasteiger partial charge is 0.550 e.